The lowest BCUT2D eigenvalue weighted by Gasteiger charge is -2.05. The predicted octanol–water partition coefficient (Wildman–Crippen LogP) is 3.03. The van der Waals surface area contributed by atoms with E-state index >= 15 is 0 Å². The summed E-state index contributed by atoms with van der Waals surface area (Å²) in [6, 6.07) is 4.62. The Morgan fingerprint density at radius 2 is 2.06 bits per heavy atom. The second-order valence-electron chi connectivity index (χ2n) is 4.50. The molecule has 17 heavy (non-hydrogen) atoms. The van der Waals surface area contributed by atoms with Crippen molar-refractivity contribution in [3.8, 4) is 5.69 Å². The topological polar surface area (TPSA) is 43.8 Å². The summed E-state index contributed by atoms with van der Waals surface area (Å²) in [7, 11) is 0. The van der Waals surface area contributed by atoms with Crippen LogP contribution in [0.2, 0.25) is 0 Å². The molecule has 0 amide bonds. The molecule has 0 aliphatic heterocycles. The highest BCUT2D eigenvalue weighted by molar-refractivity contribution is 5.48. The zero-order chi connectivity index (χ0) is 12.6. The summed E-state index contributed by atoms with van der Waals surface area (Å²) in [5, 5.41) is 4.44. The second kappa shape index (κ2) is 4.20. The number of nitrogens with zero attached hydrogens (tertiary/aromatic N) is 2. The lowest BCUT2D eigenvalue weighted by Crippen LogP contribution is -2.00. The number of rotatable bonds is 2. The minimum atomic E-state index is -0.240. The molecule has 3 nitrogen and oxygen atoms in total. The summed E-state index contributed by atoms with van der Waals surface area (Å²) in [5.74, 6) is 0.0347. The van der Waals surface area contributed by atoms with E-state index < -0.39 is 0 Å². The van der Waals surface area contributed by atoms with E-state index in [1.165, 1.54) is 12.1 Å². The fourth-order valence-corrected chi connectivity index (χ4v) is 1.85. The number of hydrogen-bond acceptors (Lipinski definition) is 2. The molecule has 0 radical (unpaired) electrons. The zero-order valence-corrected chi connectivity index (χ0v) is 10.2. The Kier molecular flexibility index (Phi) is 2.88. The smallest absolute Gasteiger partial charge is 0.123 e. The van der Waals surface area contributed by atoms with Gasteiger partial charge in [-0.05, 0) is 36.6 Å². The van der Waals surface area contributed by atoms with Crippen LogP contribution in [0.3, 0.4) is 0 Å². The number of nitrogens with two attached hydrogens (primary N) is 1. The number of benzene rings is 1. The van der Waals surface area contributed by atoms with Crippen LogP contribution >= 0.6 is 0 Å². The molecule has 2 N–H and O–H groups in total. The van der Waals surface area contributed by atoms with Crippen LogP contribution in [0.4, 0.5) is 10.1 Å². The quantitative estimate of drug-likeness (QED) is 0.866. The first kappa shape index (κ1) is 11.6. The Balaban J connectivity index is 2.50. The van der Waals surface area contributed by atoms with Crippen LogP contribution in [0.5, 0.6) is 0 Å². The summed E-state index contributed by atoms with van der Waals surface area (Å²) < 4.78 is 14.7. The molecule has 2 aromatic rings. The standard InChI is InChI=1S/C13H16FN3/c1-8(2)13-11(15)7-17(16-13)12-5-4-10(14)6-9(12)3/h4-8H,15H2,1-3H3. The number of halogens is 1. The molecule has 1 heterocycles. The van der Waals surface area contributed by atoms with Gasteiger partial charge < -0.3 is 5.73 Å². The molecule has 2 rings (SSSR count). The molecular weight excluding hydrogens is 217 g/mol. The Hall–Kier alpha value is -1.84. The third kappa shape index (κ3) is 2.16. The van der Waals surface area contributed by atoms with E-state index in [-0.39, 0.29) is 11.7 Å². The maximum absolute atomic E-state index is 13.0. The van der Waals surface area contributed by atoms with Gasteiger partial charge in [0.2, 0.25) is 0 Å². The highest BCUT2D eigenvalue weighted by Gasteiger charge is 2.11. The maximum Gasteiger partial charge on any atom is 0.123 e. The van der Waals surface area contributed by atoms with Gasteiger partial charge in [0.05, 0.1) is 23.3 Å². The molecule has 0 atom stereocenters. The van der Waals surface area contributed by atoms with Crippen molar-refractivity contribution < 1.29 is 4.39 Å². The van der Waals surface area contributed by atoms with Crippen LogP contribution in [-0.2, 0) is 0 Å². The summed E-state index contributed by atoms with van der Waals surface area (Å²) in [6.07, 6.45) is 1.77. The van der Waals surface area contributed by atoms with Crippen molar-refractivity contribution in [2.24, 2.45) is 0 Å². The normalized spacial score (nSPS) is 11.1. The van der Waals surface area contributed by atoms with Gasteiger partial charge >= 0.3 is 0 Å². The number of aryl methyl sites for hydroxylation is 1. The van der Waals surface area contributed by atoms with Crippen LogP contribution in [-0.4, -0.2) is 9.78 Å². The third-order valence-corrected chi connectivity index (χ3v) is 2.73. The summed E-state index contributed by atoms with van der Waals surface area (Å²) in [5.41, 5.74) is 9.13. The fraction of sp³-hybridized carbons (Fsp3) is 0.308. The van der Waals surface area contributed by atoms with Gasteiger partial charge in [0.25, 0.3) is 0 Å². The van der Waals surface area contributed by atoms with Gasteiger partial charge in [-0.15, -0.1) is 0 Å². The SMILES string of the molecule is Cc1cc(F)ccc1-n1cc(N)c(C(C)C)n1. The van der Waals surface area contributed by atoms with E-state index in [9.17, 15) is 4.39 Å². The molecule has 0 fully saturated rings. The fourth-order valence-electron chi connectivity index (χ4n) is 1.85. The molecule has 0 aliphatic rings. The van der Waals surface area contributed by atoms with Crippen LogP contribution < -0.4 is 5.73 Å². The molecule has 90 valence electrons. The molecule has 0 saturated heterocycles. The molecule has 1 aromatic carbocycles. The van der Waals surface area contributed by atoms with Gasteiger partial charge in [0.15, 0.2) is 0 Å². The van der Waals surface area contributed by atoms with Gasteiger partial charge in [-0.25, -0.2) is 9.07 Å². The van der Waals surface area contributed by atoms with Crippen LogP contribution in [0.25, 0.3) is 5.69 Å². The first-order valence-electron chi connectivity index (χ1n) is 5.60. The van der Waals surface area contributed by atoms with Crippen molar-refractivity contribution in [3.63, 3.8) is 0 Å². The molecule has 0 bridgehead atoms. The first-order chi connectivity index (χ1) is 7.99. The highest BCUT2D eigenvalue weighted by Crippen LogP contribution is 2.23. The van der Waals surface area contributed by atoms with E-state index in [0.29, 0.717) is 5.69 Å². The lowest BCUT2D eigenvalue weighted by molar-refractivity contribution is 0.625. The van der Waals surface area contributed by atoms with Gasteiger partial charge in [-0.2, -0.15) is 5.10 Å². The number of anilines is 1. The molecule has 4 heteroatoms. The largest absolute Gasteiger partial charge is 0.396 e. The van der Waals surface area contributed by atoms with Crippen molar-refractivity contribution in [1.29, 1.82) is 0 Å². The zero-order valence-electron chi connectivity index (χ0n) is 10.2. The van der Waals surface area contributed by atoms with Crippen molar-refractivity contribution >= 4 is 5.69 Å². The predicted molar refractivity (Wildman–Crippen MR) is 66.8 cm³/mol. The molecule has 0 unspecified atom stereocenters. The molecular formula is C13H16FN3. The van der Waals surface area contributed by atoms with Crippen LogP contribution in [0, 0.1) is 12.7 Å². The number of aromatic nitrogens is 2. The summed E-state index contributed by atoms with van der Waals surface area (Å²) in [4.78, 5) is 0. The van der Waals surface area contributed by atoms with E-state index in [2.05, 4.69) is 5.10 Å². The van der Waals surface area contributed by atoms with Crippen molar-refractivity contribution in [3.05, 3.63) is 41.5 Å². The van der Waals surface area contributed by atoms with Crippen LogP contribution in [0.1, 0.15) is 31.0 Å². The molecule has 1 aromatic heterocycles. The van der Waals surface area contributed by atoms with Crippen LogP contribution in [0.15, 0.2) is 24.4 Å². The third-order valence-electron chi connectivity index (χ3n) is 2.73. The Bertz CT molecular complexity index is 544. The Morgan fingerprint density at radius 1 is 1.35 bits per heavy atom. The van der Waals surface area contributed by atoms with E-state index in [1.807, 2.05) is 20.8 Å². The lowest BCUT2D eigenvalue weighted by atomic mass is 10.1. The van der Waals surface area contributed by atoms with Gasteiger partial charge in [0.1, 0.15) is 5.82 Å². The van der Waals surface area contributed by atoms with Crippen molar-refractivity contribution in [2.75, 3.05) is 5.73 Å². The minimum absolute atomic E-state index is 0.240. The minimum Gasteiger partial charge on any atom is -0.396 e. The number of hydrogen-bond donors (Lipinski definition) is 1. The molecule has 0 saturated carbocycles. The van der Waals surface area contributed by atoms with E-state index in [0.717, 1.165) is 16.9 Å². The van der Waals surface area contributed by atoms with Gasteiger partial charge in [0, 0.05) is 0 Å². The van der Waals surface area contributed by atoms with Gasteiger partial charge in [-0.3, -0.25) is 0 Å². The first-order valence-corrected chi connectivity index (χ1v) is 5.60. The van der Waals surface area contributed by atoms with Gasteiger partial charge in [-0.1, -0.05) is 13.8 Å². The molecule has 0 aliphatic carbocycles. The van der Waals surface area contributed by atoms with Crippen molar-refractivity contribution in [2.45, 2.75) is 26.7 Å². The number of nitrogen functional groups attached to an aromatic ring is 1. The summed E-state index contributed by atoms with van der Waals surface area (Å²) in [6.45, 7) is 5.94. The summed E-state index contributed by atoms with van der Waals surface area (Å²) >= 11 is 0. The van der Waals surface area contributed by atoms with Crippen molar-refractivity contribution in [1.82, 2.24) is 9.78 Å². The maximum atomic E-state index is 13.0. The monoisotopic (exact) mass is 233 g/mol. The average Bonchev–Trinajstić information content (AvgIpc) is 2.60. The molecule has 0 spiro atoms. The second-order valence-corrected chi connectivity index (χ2v) is 4.50. The highest BCUT2D eigenvalue weighted by atomic mass is 19.1. The Labute approximate surface area is 100 Å². The van der Waals surface area contributed by atoms with E-state index in [1.54, 1.807) is 16.9 Å². The van der Waals surface area contributed by atoms with E-state index in [4.69, 9.17) is 5.73 Å². The Morgan fingerprint density at radius 3 is 2.59 bits per heavy atom. The average molecular weight is 233 g/mol.